The molecule has 0 spiro atoms. The van der Waals surface area contributed by atoms with Gasteiger partial charge in [-0.3, -0.25) is 28.9 Å². The lowest BCUT2D eigenvalue weighted by molar-refractivity contribution is 0.0606. The van der Waals surface area contributed by atoms with Crippen LogP contribution in [0.25, 0.3) is 27.6 Å². The number of nitrogens with zero attached hydrogens (tertiary/aromatic N) is 5. The van der Waals surface area contributed by atoms with Crippen LogP contribution in [0, 0.1) is 5.92 Å². The van der Waals surface area contributed by atoms with Gasteiger partial charge in [0.25, 0.3) is 17.0 Å². The molecule has 1 N–H and O–H groups in total. The van der Waals surface area contributed by atoms with Crippen LogP contribution in [0.5, 0.6) is 11.5 Å². The number of piperidine rings is 2. The fraction of sp³-hybridized carbons (Fsp3) is 0.342. The van der Waals surface area contributed by atoms with Crippen molar-refractivity contribution in [1.82, 2.24) is 28.9 Å². The SMILES string of the molecule is COc1ccc(C(=O)N2CCC(CN3CCC(Oc4ccc(-c5cn(C)c(=O)c6cnccc56)cc4)CC3)CC2)cc1-n1ccc(=O)[nH]c1=O. The Hall–Kier alpha value is -5.49. The molecule has 5 aromatic rings. The number of hydrogen-bond acceptors (Lipinski definition) is 8. The maximum absolute atomic E-state index is 13.5. The molecule has 3 aromatic heterocycles. The first-order valence-corrected chi connectivity index (χ1v) is 17.0. The maximum atomic E-state index is 13.5. The Labute approximate surface area is 288 Å². The molecule has 0 bridgehead atoms. The van der Waals surface area contributed by atoms with E-state index in [0.29, 0.717) is 41.4 Å². The topological polar surface area (TPSA) is 132 Å². The number of H-pyrrole nitrogens is 1. The number of hydrogen-bond donors (Lipinski definition) is 1. The summed E-state index contributed by atoms with van der Waals surface area (Å²) >= 11 is 0. The molecule has 0 radical (unpaired) electrons. The molecule has 2 aliphatic rings. The highest BCUT2D eigenvalue weighted by Gasteiger charge is 2.28. The van der Waals surface area contributed by atoms with E-state index >= 15 is 0 Å². The maximum Gasteiger partial charge on any atom is 0.333 e. The summed E-state index contributed by atoms with van der Waals surface area (Å²) in [7, 11) is 3.25. The van der Waals surface area contributed by atoms with Crippen LogP contribution in [0.1, 0.15) is 36.0 Å². The molecule has 0 aliphatic carbocycles. The van der Waals surface area contributed by atoms with Crippen LogP contribution >= 0.6 is 0 Å². The van der Waals surface area contributed by atoms with Crippen LogP contribution in [-0.4, -0.2) is 80.7 Å². The Kier molecular flexibility index (Phi) is 9.36. The zero-order valence-electron chi connectivity index (χ0n) is 28.2. The lowest BCUT2D eigenvalue weighted by Crippen LogP contribution is -2.44. The van der Waals surface area contributed by atoms with Crippen molar-refractivity contribution in [3.63, 3.8) is 0 Å². The zero-order valence-corrected chi connectivity index (χ0v) is 28.2. The summed E-state index contributed by atoms with van der Waals surface area (Å²) in [5, 5.41) is 1.49. The summed E-state index contributed by atoms with van der Waals surface area (Å²) in [5.74, 6) is 1.69. The lowest BCUT2D eigenvalue weighted by atomic mass is 9.94. The third-order valence-electron chi connectivity index (χ3n) is 9.91. The van der Waals surface area contributed by atoms with E-state index in [2.05, 4.69) is 14.9 Å². The van der Waals surface area contributed by atoms with Gasteiger partial charge in [-0.1, -0.05) is 12.1 Å². The van der Waals surface area contributed by atoms with E-state index in [4.69, 9.17) is 9.47 Å². The number of carbonyl (C=O) groups excluding carboxylic acids is 1. The Bertz CT molecular complexity index is 2190. The predicted octanol–water partition coefficient (Wildman–Crippen LogP) is 3.84. The van der Waals surface area contributed by atoms with Crippen molar-refractivity contribution in [3.05, 3.63) is 116 Å². The molecular formula is C38H40N6O6. The Balaban J connectivity index is 0.900. The fourth-order valence-corrected chi connectivity index (χ4v) is 7.14. The van der Waals surface area contributed by atoms with Crippen molar-refractivity contribution >= 4 is 16.7 Å². The molecule has 2 aliphatic heterocycles. The van der Waals surface area contributed by atoms with Crippen molar-refractivity contribution in [2.45, 2.75) is 31.8 Å². The Morgan fingerprint density at radius 3 is 2.40 bits per heavy atom. The number of ether oxygens (including phenoxy) is 2. The van der Waals surface area contributed by atoms with Crippen molar-refractivity contribution in [1.29, 1.82) is 0 Å². The van der Waals surface area contributed by atoms with Crippen LogP contribution in [0.4, 0.5) is 0 Å². The number of aryl methyl sites for hydroxylation is 1. The summed E-state index contributed by atoms with van der Waals surface area (Å²) < 4.78 is 14.7. The van der Waals surface area contributed by atoms with E-state index < -0.39 is 11.2 Å². The minimum atomic E-state index is -0.600. The standard InChI is InChI=1S/C38H40N6O6/c1-41-24-32(30-9-15-39-22-31(30)37(41)47)26-3-6-28(7-4-26)50-29-12-16-42(17-13-29)23-25-10-18-43(19-11-25)36(46)27-5-8-34(49-2)33(21-27)44-20-14-35(45)40-38(44)48/h3-9,14-15,20-22,24-25,29H,10-13,16-19,23H2,1-2H3,(H,40,45,48). The fourth-order valence-electron chi connectivity index (χ4n) is 7.14. The quantitative estimate of drug-likeness (QED) is 0.262. The van der Waals surface area contributed by atoms with Crippen molar-refractivity contribution in [2.24, 2.45) is 13.0 Å². The highest BCUT2D eigenvalue weighted by molar-refractivity contribution is 5.96. The summed E-state index contributed by atoms with van der Waals surface area (Å²) in [6.45, 7) is 4.29. The van der Waals surface area contributed by atoms with E-state index in [9.17, 15) is 19.2 Å². The average Bonchev–Trinajstić information content (AvgIpc) is 3.14. The Morgan fingerprint density at radius 2 is 1.68 bits per heavy atom. The smallest absolute Gasteiger partial charge is 0.333 e. The van der Waals surface area contributed by atoms with Crippen LogP contribution in [0.15, 0.2) is 93.8 Å². The summed E-state index contributed by atoms with van der Waals surface area (Å²) in [6, 6.07) is 16.3. The van der Waals surface area contributed by atoms with E-state index in [-0.39, 0.29) is 17.6 Å². The van der Waals surface area contributed by atoms with Gasteiger partial charge < -0.3 is 23.8 Å². The van der Waals surface area contributed by atoms with Gasteiger partial charge >= 0.3 is 5.69 Å². The number of nitrogens with one attached hydrogen (secondary N) is 1. The van der Waals surface area contributed by atoms with E-state index in [1.807, 2.05) is 41.4 Å². The number of aromatic nitrogens is 4. The number of amides is 1. The van der Waals surface area contributed by atoms with Crippen LogP contribution in [0.3, 0.4) is 0 Å². The van der Waals surface area contributed by atoms with Crippen LogP contribution in [-0.2, 0) is 7.05 Å². The molecule has 12 nitrogen and oxygen atoms in total. The number of benzene rings is 2. The van der Waals surface area contributed by atoms with E-state index in [1.54, 1.807) is 42.2 Å². The van der Waals surface area contributed by atoms with E-state index in [0.717, 1.165) is 67.6 Å². The minimum absolute atomic E-state index is 0.0614. The second-order valence-electron chi connectivity index (χ2n) is 13.1. The molecule has 50 heavy (non-hydrogen) atoms. The van der Waals surface area contributed by atoms with Crippen LogP contribution < -0.4 is 26.3 Å². The molecule has 0 unspecified atom stereocenters. The lowest BCUT2D eigenvalue weighted by Gasteiger charge is -2.37. The van der Waals surface area contributed by atoms with E-state index in [1.165, 1.54) is 23.9 Å². The molecule has 7 rings (SSSR count). The van der Waals surface area contributed by atoms with Crippen LogP contribution in [0.2, 0.25) is 0 Å². The van der Waals surface area contributed by atoms with Gasteiger partial charge in [0.1, 0.15) is 17.6 Å². The molecular weight excluding hydrogens is 636 g/mol. The number of pyridine rings is 2. The van der Waals surface area contributed by atoms with Gasteiger partial charge in [-0.05, 0) is 78.9 Å². The number of likely N-dealkylation sites (tertiary alicyclic amines) is 2. The van der Waals surface area contributed by atoms with Crippen molar-refractivity contribution < 1.29 is 14.3 Å². The molecule has 2 saturated heterocycles. The van der Waals surface area contributed by atoms with Crippen molar-refractivity contribution in [3.8, 4) is 28.3 Å². The highest BCUT2D eigenvalue weighted by atomic mass is 16.5. The summed E-state index contributed by atoms with van der Waals surface area (Å²) in [4.78, 5) is 60.8. The first-order valence-electron chi connectivity index (χ1n) is 17.0. The highest BCUT2D eigenvalue weighted by Crippen LogP contribution is 2.30. The monoisotopic (exact) mass is 676 g/mol. The first kappa shape index (κ1) is 33.0. The second kappa shape index (κ2) is 14.2. The first-order chi connectivity index (χ1) is 24.3. The van der Waals surface area contributed by atoms with Gasteiger partial charge in [0.15, 0.2) is 0 Å². The largest absolute Gasteiger partial charge is 0.495 e. The Morgan fingerprint density at radius 1 is 0.920 bits per heavy atom. The molecule has 2 aromatic carbocycles. The summed E-state index contributed by atoms with van der Waals surface area (Å²) in [5.41, 5.74) is 1.70. The second-order valence-corrected chi connectivity index (χ2v) is 13.1. The molecule has 258 valence electrons. The summed E-state index contributed by atoms with van der Waals surface area (Å²) in [6.07, 6.45) is 10.5. The van der Waals surface area contributed by atoms with Gasteiger partial charge in [0.2, 0.25) is 0 Å². The average molecular weight is 677 g/mol. The van der Waals surface area contributed by atoms with Gasteiger partial charge in [-0.25, -0.2) is 4.79 Å². The number of aromatic amines is 1. The molecule has 0 atom stereocenters. The van der Waals surface area contributed by atoms with Gasteiger partial charge in [0, 0.05) is 81.8 Å². The third-order valence-corrected chi connectivity index (χ3v) is 9.91. The predicted molar refractivity (Wildman–Crippen MR) is 190 cm³/mol. The van der Waals surface area contributed by atoms with Gasteiger partial charge in [-0.2, -0.15) is 0 Å². The molecule has 0 saturated carbocycles. The van der Waals surface area contributed by atoms with Crippen molar-refractivity contribution in [2.75, 3.05) is 39.8 Å². The van der Waals surface area contributed by atoms with Gasteiger partial charge in [0.05, 0.1) is 18.2 Å². The number of carbonyl (C=O) groups is 1. The number of methoxy groups -OCH3 is 1. The normalized spacial score (nSPS) is 16.1. The molecule has 12 heteroatoms. The molecule has 1 amide bonds. The zero-order chi connectivity index (χ0) is 34.8. The molecule has 5 heterocycles. The molecule has 2 fully saturated rings. The number of rotatable bonds is 8. The minimum Gasteiger partial charge on any atom is -0.495 e. The number of fused-ring (bicyclic) bond motifs is 1. The third kappa shape index (κ3) is 6.84. The van der Waals surface area contributed by atoms with Gasteiger partial charge in [-0.15, -0.1) is 0 Å².